The third-order valence-corrected chi connectivity index (χ3v) is 2.30. The van der Waals surface area contributed by atoms with Gasteiger partial charge in [-0.05, 0) is 18.2 Å². The molecule has 5 N–H and O–H groups in total. The maximum Gasteiger partial charge on any atom is 0.250 e. The van der Waals surface area contributed by atoms with Crippen LogP contribution in [0.25, 0.3) is 0 Å². The number of nitrogen functional groups attached to an aromatic ring is 1. The van der Waals surface area contributed by atoms with E-state index >= 15 is 0 Å². The highest BCUT2D eigenvalue weighted by Gasteiger charge is 2.07. The molecule has 0 spiro atoms. The number of methoxy groups -OCH3 is 1. The van der Waals surface area contributed by atoms with Crippen molar-refractivity contribution in [2.24, 2.45) is 5.73 Å². The van der Waals surface area contributed by atoms with E-state index in [1.165, 1.54) is 0 Å². The molecule has 1 rings (SSSR count). The predicted octanol–water partition coefficient (Wildman–Crippen LogP) is 0.443. The molecule has 0 aromatic heterocycles. The van der Waals surface area contributed by atoms with Crippen LogP contribution in [0.4, 0.5) is 11.4 Å². The van der Waals surface area contributed by atoms with Gasteiger partial charge in [-0.2, -0.15) is 0 Å². The van der Waals surface area contributed by atoms with E-state index in [4.69, 9.17) is 20.9 Å². The van der Waals surface area contributed by atoms with Gasteiger partial charge in [0.05, 0.1) is 25.4 Å². The summed E-state index contributed by atoms with van der Waals surface area (Å²) in [6, 6.07) is 4.92. The summed E-state index contributed by atoms with van der Waals surface area (Å²) in [6.07, 6.45) is 0. The summed E-state index contributed by atoms with van der Waals surface area (Å²) in [5, 5.41) is 3.07. The summed E-state index contributed by atoms with van der Waals surface area (Å²) in [6.45, 7) is 2.17. The minimum atomic E-state index is -0.488. The molecule has 0 unspecified atom stereocenters. The third kappa shape index (κ3) is 4.60. The Hall–Kier alpha value is -1.79. The lowest BCUT2D eigenvalue weighted by molar-refractivity contribution is 0.0759. The van der Waals surface area contributed by atoms with Crippen LogP contribution in [0.3, 0.4) is 0 Å². The average Bonchev–Trinajstić information content (AvgIpc) is 2.33. The lowest BCUT2D eigenvalue weighted by atomic mass is 10.1. The Morgan fingerprint density at radius 1 is 1.33 bits per heavy atom. The largest absolute Gasteiger partial charge is 0.399 e. The Bertz CT molecular complexity index is 396. The minimum Gasteiger partial charge on any atom is -0.399 e. The summed E-state index contributed by atoms with van der Waals surface area (Å²) < 4.78 is 10.1. The fraction of sp³-hybridized carbons (Fsp3) is 0.417. The van der Waals surface area contributed by atoms with Crippen molar-refractivity contribution in [1.82, 2.24) is 0 Å². The number of carbonyl (C=O) groups excluding carboxylic acids is 1. The number of nitrogens with one attached hydrogen (secondary N) is 1. The van der Waals surface area contributed by atoms with Crippen molar-refractivity contribution in [2.45, 2.75) is 0 Å². The highest BCUT2D eigenvalue weighted by molar-refractivity contribution is 5.99. The predicted molar refractivity (Wildman–Crippen MR) is 70.6 cm³/mol. The van der Waals surface area contributed by atoms with Crippen molar-refractivity contribution >= 4 is 17.3 Å². The molecule has 0 saturated heterocycles. The molecule has 1 amide bonds. The first-order valence-corrected chi connectivity index (χ1v) is 5.65. The second-order valence-corrected chi connectivity index (χ2v) is 3.70. The number of rotatable bonds is 8. The highest BCUT2D eigenvalue weighted by Crippen LogP contribution is 2.18. The Labute approximate surface area is 106 Å². The molecular formula is C12H19N3O3. The van der Waals surface area contributed by atoms with Crippen molar-refractivity contribution < 1.29 is 14.3 Å². The van der Waals surface area contributed by atoms with E-state index in [1.807, 2.05) is 0 Å². The second-order valence-electron chi connectivity index (χ2n) is 3.70. The number of amides is 1. The minimum absolute atomic E-state index is 0.418. The first-order chi connectivity index (χ1) is 8.65. The van der Waals surface area contributed by atoms with E-state index in [2.05, 4.69) is 5.32 Å². The van der Waals surface area contributed by atoms with E-state index in [0.717, 1.165) is 0 Å². The molecule has 1 aromatic carbocycles. The van der Waals surface area contributed by atoms with Crippen LogP contribution < -0.4 is 16.8 Å². The van der Waals surface area contributed by atoms with E-state index in [1.54, 1.807) is 25.3 Å². The molecule has 0 aliphatic carbocycles. The molecule has 100 valence electrons. The molecule has 0 heterocycles. The topological polar surface area (TPSA) is 99.6 Å². The number of primary amides is 1. The van der Waals surface area contributed by atoms with Gasteiger partial charge in [-0.1, -0.05) is 0 Å². The van der Waals surface area contributed by atoms with Crippen LogP contribution in [0.15, 0.2) is 18.2 Å². The van der Waals surface area contributed by atoms with E-state index in [9.17, 15) is 4.79 Å². The first kappa shape index (κ1) is 14.3. The summed E-state index contributed by atoms with van der Waals surface area (Å²) >= 11 is 0. The van der Waals surface area contributed by atoms with E-state index < -0.39 is 5.91 Å². The summed E-state index contributed by atoms with van der Waals surface area (Å²) in [5.74, 6) is -0.488. The van der Waals surface area contributed by atoms with E-state index in [0.29, 0.717) is 43.3 Å². The van der Waals surface area contributed by atoms with Crippen molar-refractivity contribution in [2.75, 3.05) is 44.5 Å². The number of ether oxygens (including phenoxy) is 2. The van der Waals surface area contributed by atoms with Gasteiger partial charge in [-0.15, -0.1) is 0 Å². The zero-order valence-corrected chi connectivity index (χ0v) is 10.4. The number of carbonyl (C=O) groups is 1. The monoisotopic (exact) mass is 253 g/mol. The molecule has 0 saturated carbocycles. The number of benzene rings is 1. The molecule has 0 radical (unpaired) electrons. The van der Waals surface area contributed by atoms with Gasteiger partial charge >= 0.3 is 0 Å². The van der Waals surface area contributed by atoms with E-state index in [-0.39, 0.29) is 0 Å². The van der Waals surface area contributed by atoms with Crippen molar-refractivity contribution in [1.29, 1.82) is 0 Å². The molecule has 0 fully saturated rings. The lowest BCUT2D eigenvalue weighted by Crippen LogP contribution is -2.17. The molecule has 1 aromatic rings. The molecule has 0 bridgehead atoms. The van der Waals surface area contributed by atoms with Gasteiger partial charge < -0.3 is 26.3 Å². The molecule has 6 nitrogen and oxygen atoms in total. The van der Waals surface area contributed by atoms with Gasteiger partial charge in [0, 0.05) is 25.0 Å². The van der Waals surface area contributed by atoms with Crippen molar-refractivity contribution in [3.63, 3.8) is 0 Å². The maximum absolute atomic E-state index is 11.2. The number of anilines is 2. The fourth-order valence-electron chi connectivity index (χ4n) is 1.43. The molecule has 6 heteroatoms. The van der Waals surface area contributed by atoms with Crippen LogP contribution in [-0.2, 0) is 9.47 Å². The summed E-state index contributed by atoms with van der Waals surface area (Å²) in [4.78, 5) is 11.2. The van der Waals surface area contributed by atoms with Crippen molar-refractivity contribution in [3.05, 3.63) is 23.8 Å². The Kier molecular flexibility index (Phi) is 5.96. The fourth-order valence-corrected chi connectivity index (χ4v) is 1.43. The molecule has 0 aliphatic heterocycles. The average molecular weight is 253 g/mol. The van der Waals surface area contributed by atoms with Crippen LogP contribution in [-0.4, -0.2) is 39.4 Å². The Balaban J connectivity index is 2.45. The van der Waals surface area contributed by atoms with Crippen LogP contribution in [0.2, 0.25) is 0 Å². The molecule has 0 atom stereocenters. The van der Waals surface area contributed by atoms with Crippen LogP contribution in [0.1, 0.15) is 10.4 Å². The third-order valence-electron chi connectivity index (χ3n) is 2.30. The van der Waals surface area contributed by atoms with Gasteiger partial charge in [-0.3, -0.25) is 4.79 Å². The van der Waals surface area contributed by atoms with Crippen LogP contribution in [0.5, 0.6) is 0 Å². The first-order valence-electron chi connectivity index (χ1n) is 5.65. The zero-order chi connectivity index (χ0) is 13.4. The zero-order valence-electron chi connectivity index (χ0n) is 10.4. The van der Waals surface area contributed by atoms with Crippen LogP contribution >= 0.6 is 0 Å². The number of hydrogen-bond acceptors (Lipinski definition) is 5. The lowest BCUT2D eigenvalue weighted by Gasteiger charge is -2.11. The smallest absolute Gasteiger partial charge is 0.250 e. The quantitative estimate of drug-likeness (QED) is 0.461. The standard InChI is InChI=1S/C12H19N3O3/c1-17-6-7-18-5-4-15-11-8-9(13)2-3-10(11)12(14)16/h2-3,8,15H,4-7,13H2,1H3,(H2,14,16). The second kappa shape index (κ2) is 7.52. The SMILES string of the molecule is COCCOCCNc1cc(N)ccc1C(N)=O. The van der Waals surface area contributed by atoms with Crippen LogP contribution in [0, 0.1) is 0 Å². The van der Waals surface area contributed by atoms with Gasteiger partial charge in [0.1, 0.15) is 0 Å². The molecular weight excluding hydrogens is 234 g/mol. The normalized spacial score (nSPS) is 10.3. The Morgan fingerprint density at radius 2 is 2.11 bits per heavy atom. The van der Waals surface area contributed by atoms with Crippen molar-refractivity contribution in [3.8, 4) is 0 Å². The van der Waals surface area contributed by atoms with Gasteiger partial charge in [0.2, 0.25) is 0 Å². The van der Waals surface area contributed by atoms with Gasteiger partial charge in [0.15, 0.2) is 0 Å². The number of hydrogen-bond donors (Lipinski definition) is 3. The molecule has 18 heavy (non-hydrogen) atoms. The van der Waals surface area contributed by atoms with Gasteiger partial charge in [0.25, 0.3) is 5.91 Å². The molecule has 0 aliphatic rings. The summed E-state index contributed by atoms with van der Waals surface area (Å²) in [5.41, 5.74) is 12.5. The highest BCUT2D eigenvalue weighted by atomic mass is 16.5. The maximum atomic E-state index is 11.2. The Morgan fingerprint density at radius 3 is 2.78 bits per heavy atom. The number of nitrogens with two attached hydrogens (primary N) is 2. The summed E-state index contributed by atoms with van der Waals surface area (Å²) in [7, 11) is 1.62. The van der Waals surface area contributed by atoms with Gasteiger partial charge in [-0.25, -0.2) is 0 Å².